The maximum atomic E-state index is 12.1. The lowest BCUT2D eigenvalue weighted by Gasteiger charge is -2.06. The van der Waals surface area contributed by atoms with Gasteiger partial charge < -0.3 is 14.7 Å². The summed E-state index contributed by atoms with van der Waals surface area (Å²) in [7, 11) is 0. The fourth-order valence-electron chi connectivity index (χ4n) is 2.46. The largest absolute Gasteiger partial charge is 0.465 e. The van der Waals surface area contributed by atoms with Crippen molar-refractivity contribution in [3.8, 4) is 0 Å². The highest BCUT2D eigenvalue weighted by molar-refractivity contribution is 5.81. The number of H-pyrrole nitrogens is 1. The van der Waals surface area contributed by atoms with Gasteiger partial charge in [-0.2, -0.15) is 0 Å². The van der Waals surface area contributed by atoms with Crippen LogP contribution in [0.4, 0.5) is 0 Å². The number of hydrogen-bond acceptors (Lipinski definition) is 3. The van der Waals surface area contributed by atoms with Crippen molar-refractivity contribution in [3.05, 3.63) is 69.4 Å². The van der Waals surface area contributed by atoms with Gasteiger partial charge in [0.2, 0.25) is 0 Å². The molecule has 0 spiro atoms. The van der Waals surface area contributed by atoms with Crippen LogP contribution in [-0.2, 0) is 13.1 Å². The first-order valence-electron chi connectivity index (χ1n) is 7.01. The molecule has 0 atom stereocenters. The molecule has 3 aromatic rings. The molecule has 0 bridgehead atoms. The lowest BCUT2D eigenvalue weighted by molar-refractivity contribution is 0.461. The van der Waals surface area contributed by atoms with Crippen LogP contribution in [0.5, 0.6) is 0 Å². The van der Waals surface area contributed by atoms with Gasteiger partial charge in [-0.25, -0.2) is 0 Å². The average Bonchev–Trinajstić information content (AvgIpc) is 2.86. The van der Waals surface area contributed by atoms with Gasteiger partial charge in [0.15, 0.2) is 0 Å². The van der Waals surface area contributed by atoms with E-state index < -0.39 is 0 Å². The third-order valence-electron chi connectivity index (χ3n) is 3.58. The third-order valence-corrected chi connectivity index (χ3v) is 3.58. The van der Waals surface area contributed by atoms with E-state index >= 15 is 0 Å². The van der Waals surface area contributed by atoms with E-state index in [9.17, 15) is 4.79 Å². The number of rotatable bonds is 4. The molecule has 4 nitrogen and oxygen atoms in total. The summed E-state index contributed by atoms with van der Waals surface area (Å²) in [6, 6.07) is 11.8. The summed E-state index contributed by atoms with van der Waals surface area (Å²) in [4.78, 5) is 15.1. The minimum atomic E-state index is -0.0417. The van der Waals surface area contributed by atoms with Gasteiger partial charge in [-0.1, -0.05) is 18.2 Å². The second-order valence-electron chi connectivity index (χ2n) is 5.28. The number of fused-ring (bicyclic) bond motifs is 1. The monoisotopic (exact) mass is 282 g/mol. The Balaban J connectivity index is 1.78. The Kier molecular flexibility index (Phi) is 3.62. The summed E-state index contributed by atoms with van der Waals surface area (Å²) in [5, 5.41) is 4.29. The smallest absolute Gasteiger partial charge is 0.252 e. The van der Waals surface area contributed by atoms with Crippen molar-refractivity contribution in [1.29, 1.82) is 0 Å². The molecule has 2 aromatic heterocycles. The summed E-state index contributed by atoms with van der Waals surface area (Å²) in [6.07, 6.45) is 0. The van der Waals surface area contributed by atoms with E-state index in [1.807, 2.05) is 50.2 Å². The molecule has 0 amide bonds. The van der Waals surface area contributed by atoms with Gasteiger partial charge >= 0.3 is 0 Å². The van der Waals surface area contributed by atoms with Crippen LogP contribution in [0.2, 0.25) is 0 Å². The minimum absolute atomic E-state index is 0.0417. The van der Waals surface area contributed by atoms with Gasteiger partial charge in [0.25, 0.3) is 5.56 Å². The average molecular weight is 282 g/mol. The van der Waals surface area contributed by atoms with E-state index in [1.54, 1.807) is 0 Å². The molecular weight excluding hydrogens is 264 g/mol. The van der Waals surface area contributed by atoms with E-state index in [0.29, 0.717) is 13.1 Å². The zero-order valence-corrected chi connectivity index (χ0v) is 12.2. The molecule has 0 saturated heterocycles. The topological polar surface area (TPSA) is 58.0 Å². The number of aryl methyl sites for hydroxylation is 2. The molecular formula is C17H18N2O2. The standard InChI is InChI=1S/C17H18N2O2/c1-11-4-3-5-13-8-14(17(20)19-16(11)13)9-18-10-15-7-6-12(2)21-15/h3-8,18H,9-10H2,1-2H3,(H,19,20). The highest BCUT2D eigenvalue weighted by Crippen LogP contribution is 2.15. The van der Waals surface area contributed by atoms with Crippen LogP contribution in [0.15, 0.2) is 45.6 Å². The predicted molar refractivity (Wildman–Crippen MR) is 83.3 cm³/mol. The Labute approximate surface area is 122 Å². The van der Waals surface area contributed by atoms with Gasteiger partial charge in [-0.15, -0.1) is 0 Å². The van der Waals surface area contributed by atoms with Crippen LogP contribution >= 0.6 is 0 Å². The number of nitrogens with one attached hydrogen (secondary N) is 2. The molecule has 0 fully saturated rings. The van der Waals surface area contributed by atoms with Crippen molar-refractivity contribution in [2.75, 3.05) is 0 Å². The van der Waals surface area contributed by atoms with E-state index in [1.165, 1.54) is 0 Å². The number of benzene rings is 1. The second kappa shape index (κ2) is 5.58. The Hall–Kier alpha value is -2.33. The van der Waals surface area contributed by atoms with Gasteiger partial charge in [0, 0.05) is 12.1 Å². The summed E-state index contributed by atoms with van der Waals surface area (Å²) in [5.74, 6) is 1.77. The summed E-state index contributed by atoms with van der Waals surface area (Å²) in [5.41, 5.74) is 2.68. The van der Waals surface area contributed by atoms with Crippen LogP contribution in [0.1, 0.15) is 22.6 Å². The quantitative estimate of drug-likeness (QED) is 0.773. The first kappa shape index (κ1) is 13.6. The van der Waals surface area contributed by atoms with Crippen molar-refractivity contribution in [2.45, 2.75) is 26.9 Å². The van der Waals surface area contributed by atoms with E-state index in [0.717, 1.165) is 33.6 Å². The number of para-hydroxylation sites is 1. The molecule has 2 heterocycles. The number of hydrogen-bond donors (Lipinski definition) is 2. The van der Waals surface area contributed by atoms with Gasteiger partial charge in [-0.05, 0) is 43.0 Å². The lowest BCUT2D eigenvalue weighted by Crippen LogP contribution is -2.20. The van der Waals surface area contributed by atoms with Crippen molar-refractivity contribution >= 4 is 10.9 Å². The summed E-state index contributed by atoms with van der Waals surface area (Å²) < 4.78 is 5.49. The van der Waals surface area contributed by atoms with Crippen molar-refractivity contribution in [3.63, 3.8) is 0 Å². The molecule has 0 unspecified atom stereocenters. The van der Waals surface area contributed by atoms with Crippen LogP contribution in [0.3, 0.4) is 0 Å². The van der Waals surface area contributed by atoms with Gasteiger partial charge in [0.05, 0.1) is 12.1 Å². The molecule has 2 N–H and O–H groups in total. The van der Waals surface area contributed by atoms with Crippen molar-refractivity contribution in [2.24, 2.45) is 0 Å². The molecule has 108 valence electrons. The van der Waals surface area contributed by atoms with Crippen molar-refractivity contribution in [1.82, 2.24) is 10.3 Å². The number of aromatic nitrogens is 1. The molecule has 1 aromatic carbocycles. The molecule has 4 heteroatoms. The highest BCUT2D eigenvalue weighted by atomic mass is 16.3. The molecule has 0 aliphatic heterocycles. The number of aromatic amines is 1. The molecule has 3 rings (SSSR count). The Morgan fingerprint density at radius 2 is 2.00 bits per heavy atom. The molecule has 0 aliphatic carbocycles. The molecule has 0 aliphatic rings. The van der Waals surface area contributed by atoms with Crippen LogP contribution in [-0.4, -0.2) is 4.98 Å². The molecule has 21 heavy (non-hydrogen) atoms. The zero-order chi connectivity index (χ0) is 14.8. The van der Waals surface area contributed by atoms with Crippen LogP contribution in [0.25, 0.3) is 10.9 Å². The van der Waals surface area contributed by atoms with Gasteiger partial charge in [0.1, 0.15) is 11.5 Å². The van der Waals surface area contributed by atoms with E-state index in [2.05, 4.69) is 10.3 Å². The predicted octanol–water partition coefficient (Wildman–Crippen LogP) is 3.03. The normalized spacial score (nSPS) is 11.1. The van der Waals surface area contributed by atoms with E-state index in [4.69, 9.17) is 4.42 Å². The van der Waals surface area contributed by atoms with Crippen molar-refractivity contribution < 1.29 is 4.42 Å². The fraction of sp³-hybridized carbons (Fsp3) is 0.235. The maximum Gasteiger partial charge on any atom is 0.252 e. The fourth-order valence-corrected chi connectivity index (χ4v) is 2.46. The zero-order valence-electron chi connectivity index (χ0n) is 12.2. The van der Waals surface area contributed by atoms with Gasteiger partial charge in [-0.3, -0.25) is 4.79 Å². The molecule has 0 saturated carbocycles. The Morgan fingerprint density at radius 1 is 1.14 bits per heavy atom. The summed E-state index contributed by atoms with van der Waals surface area (Å²) in [6.45, 7) is 5.04. The SMILES string of the molecule is Cc1ccc(CNCc2cc3cccc(C)c3[nH]c2=O)o1. The second-order valence-corrected chi connectivity index (χ2v) is 5.28. The Morgan fingerprint density at radius 3 is 2.76 bits per heavy atom. The third kappa shape index (κ3) is 2.90. The number of pyridine rings is 1. The Bertz CT molecular complexity index is 830. The van der Waals surface area contributed by atoms with Crippen LogP contribution in [0, 0.1) is 13.8 Å². The first-order valence-corrected chi connectivity index (χ1v) is 7.01. The lowest BCUT2D eigenvalue weighted by atomic mass is 10.1. The molecule has 0 radical (unpaired) electrons. The first-order chi connectivity index (χ1) is 10.1. The minimum Gasteiger partial charge on any atom is -0.465 e. The maximum absolute atomic E-state index is 12.1. The van der Waals surface area contributed by atoms with E-state index in [-0.39, 0.29) is 5.56 Å². The number of furan rings is 1. The van der Waals surface area contributed by atoms with Crippen LogP contribution < -0.4 is 10.9 Å². The summed E-state index contributed by atoms with van der Waals surface area (Å²) >= 11 is 0. The highest BCUT2D eigenvalue weighted by Gasteiger charge is 2.05.